The van der Waals surface area contributed by atoms with E-state index in [1.165, 1.54) is 16.0 Å². The number of hydrogen-bond donors (Lipinski definition) is 0. The summed E-state index contributed by atoms with van der Waals surface area (Å²) in [6, 6.07) is 6.20. The normalized spacial score (nSPS) is 18.0. The molecule has 1 aromatic carbocycles. The predicted molar refractivity (Wildman–Crippen MR) is 83.9 cm³/mol. The van der Waals surface area contributed by atoms with Gasteiger partial charge in [0.2, 0.25) is 0 Å². The number of thiophene rings is 1. The van der Waals surface area contributed by atoms with Crippen molar-refractivity contribution in [1.29, 1.82) is 0 Å². The molecule has 0 saturated heterocycles. The summed E-state index contributed by atoms with van der Waals surface area (Å²) < 4.78 is 11.0. The highest BCUT2D eigenvalue weighted by atomic mass is 35.5. The lowest BCUT2D eigenvalue weighted by atomic mass is 10.1. The summed E-state index contributed by atoms with van der Waals surface area (Å²) in [5, 5.41) is 2.95. The minimum Gasteiger partial charge on any atom is -0.467 e. The van der Waals surface area contributed by atoms with E-state index < -0.39 is 0 Å². The molecule has 4 rings (SSSR count). The van der Waals surface area contributed by atoms with E-state index in [0.29, 0.717) is 13.4 Å². The van der Waals surface area contributed by atoms with Crippen molar-refractivity contribution in [3.63, 3.8) is 0 Å². The molecule has 21 heavy (non-hydrogen) atoms. The summed E-state index contributed by atoms with van der Waals surface area (Å²) in [6.45, 7) is 3.88. The van der Waals surface area contributed by atoms with Crippen molar-refractivity contribution in [2.75, 3.05) is 13.3 Å². The monoisotopic (exact) mass is 321 g/mol. The maximum Gasteiger partial charge on any atom is 0.189 e. The number of halogens is 1. The Kier molecular flexibility index (Phi) is 3.63. The van der Waals surface area contributed by atoms with Gasteiger partial charge in [-0.05, 0) is 35.6 Å². The third-order valence-corrected chi connectivity index (χ3v) is 5.27. The van der Waals surface area contributed by atoms with Gasteiger partial charge in [0.25, 0.3) is 0 Å². The Hall–Kier alpha value is -1.07. The summed E-state index contributed by atoms with van der Waals surface area (Å²) in [4.78, 5) is 3.99. The quantitative estimate of drug-likeness (QED) is 0.839. The Morgan fingerprint density at radius 2 is 2.24 bits per heavy atom. The highest BCUT2D eigenvalue weighted by molar-refractivity contribution is 7.10. The maximum atomic E-state index is 6.24. The zero-order valence-corrected chi connectivity index (χ0v) is 13.2. The Morgan fingerprint density at radius 3 is 3.19 bits per heavy atom. The Balaban J connectivity index is 1.59. The number of nitrogens with zero attached hydrogens (tertiary/aromatic N) is 1. The van der Waals surface area contributed by atoms with Gasteiger partial charge in [-0.1, -0.05) is 11.6 Å². The van der Waals surface area contributed by atoms with Crippen LogP contribution < -0.4 is 4.74 Å². The van der Waals surface area contributed by atoms with Crippen molar-refractivity contribution in [3.8, 4) is 5.75 Å². The second-order valence-corrected chi connectivity index (χ2v) is 6.93. The van der Waals surface area contributed by atoms with Crippen molar-refractivity contribution in [3.05, 3.63) is 50.2 Å². The van der Waals surface area contributed by atoms with E-state index in [9.17, 15) is 0 Å². The van der Waals surface area contributed by atoms with Crippen molar-refractivity contribution >= 4 is 22.9 Å². The lowest BCUT2D eigenvalue weighted by Crippen LogP contribution is -2.29. The largest absolute Gasteiger partial charge is 0.467 e. The van der Waals surface area contributed by atoms with Gasteiger partial charge in [0.1, 0.15) is 5.75 Å². The molecule has 3 nitrogen and oxygen atoms in total. The molecule has 0 radical (unpaired) electrons. The number of rotatable bonds is 2. The second kappa shape index (κ2) is 5.61. The molecule has 0 fully saturated rings. The molecular formula is C16H16ClNO2S. The van der Waals surface area contributed by atoms with Crippen molar-refractivity contribution in [1.82, 2.24) is 4.90 Å². The van der Waals surface area contributed by atoms with E-state index in [0.717, 1.165) is 42.4 Å². The van der Waals surface area contributed by atoms with Crippen LogP contribution in [0.25, 0.3) is 0 Å². The molecule has 1 aromatic heterocycles. The lowest BCUT2D eigenvalue weighted by molar-refractivity contribution is -0.0175. The summed E-state index contributed by atoms with van der Waals surface area (Å²) in [7, 11) is 0. The molecule has 0 bridgehead atoms. The fourth-order valence-corrected chi connectivity index (χ4v) is 4.21. The van der Waals surface area contributed by atoms with Gasteiger partial charge < -0.3 is 9.47 Å². The molecular weight excluding hydrogens is 306 g/mol. The van der Waals surface area contributed by atoms with Gasteiger partial charge in [0, 0.05) is 40.7 Å². The average molecular weight is 322 g/mol. The van der Waals surface area contributed by atoms with Gasteiger partial charge in [-0.15, -0.1) is 11.3 Å². The Bertz CT molecular complexity index is 670. The van der Waals surface area contributed by atoms with E-state index in [2.05, 4.69) is 16.3 Å². The minimum absolute atomic E-state index is 0.330. The fraction of sp³-hybridized carbons (Fsp3) is 0.375. The highest BCUT2D eigenvalue weighted by Crippen LogP contribution is 2.33. The van der Waals surface area contributed by atoms with Crippen molar-refractivity contribution in [2.24, 2.45) is 0 Å². The Labute approximate surface area is 133 Å². The molecule has 0 saturated carbocycles. The van der Waals surface area contributed by atoms with E-state index in [-0.39, 0.29) is 0 Å². The van der Waals surface area contributed by atoms with Gasteiger partial charge in [0.15, 0.2) is 6.79 Å². The first kappa shape index (κ1) is 13.6. The molecule has 0 unspecified atom stereocenters. The molecule has 0 amide bonds. The van der Waals surface area contributed by atoms with Crippen LogP contribution in [0.2, 0.25) is 5.02 Å². The van der Waals surface area contributed by atoms with E-state index in [1.54, 1.807) is 0 Å². The van der Waals surface area contributed by atoms with E-state index in [4.69, 9.17) is 21.1 Å². The number of fused-ring (bicyclic) bond motifs is 2. The molecule has 0 aliphatic carbocycles. The van der Waals surface area contributed by atoms with Gasteiger partial charge in [0.05, 0.1) is 6.61 Å². The summed E-state index contributed by atoms with van der Waals surface area (Å²) in [5.74, 6) is 0.960. The molecule has 2 aromatic rings. The zero-order chi connectivity index (χ0) is 14.2. The number of ether oxygens (including phenoxy) is 2. The summed E-state index contributed by atoms with van der Waals surface area (Å²) in [6.07, 6.45) is 1.14. The molecule has 2 aliphatic heterocycles. The van der Waals surface area contributed by atoms with Gasteiger partial charge in [-0.3, -0.25) is 4.90 Å². The first-order valence-corrected chi connectivity index (χ1v) is 8.35. The molecule has 0 N–H and O–H groups in total. The van der Waals surface area contributed by atoms with Crippen LogP contribution >= 0.6 is 22.9 Å². The molecule has 110 valence electrons. The van der Waals surface area contributed by atoms with Crippen LogP contribution in [0.15, 0.2) is 23.6 Å². The molecule has 0 spiro atoms. The molecule has 3 heterocycles. The van der Waals surface area contributed by atoms with E-state index >= 15 is 0 Å². The molecule has 2 aliphatic rings. The molecule has 5 heteroatoms. The molecule has 0 atom stereocenters. The third-order valence-electron chi connectivity index (χ3n) is 4.03. The smallest absolute Gasteiger partial charge is 0.189 e. The number of benzene rings is 1. The predicted octanol–water partition coefficient (Wildman–Crippen LogP) is 3.83. The zero-order valence-electron chi connectivity index (χ0n) is 11.6. The van der Waals surface area contributed by atoms with Crippen LogP contribution in [0.3, 0.4) is 0 Å². The van der Waals surface area contributed by atoms with E-state index in [1.807, 2.05) is 23.5 Å². The van der Waals surface area contributed by atoms with Crippen LogP contribution in [-0.4, -0.2) is 18.2 Å². The van der Waals surface area contributed by atoms with Crippen LogP contribution in [-0.2, 0) is 30.9 Å². The van der Waals surface area contributed by atoms with Gasteiger partial charge >= 0.3 is 0 Å². The van der Waals surface area contributed by atoms with Crippen LogP contribution in [0, 0.1) is 0 Å². The highest BCUT2D eigenvalue weighted by Gasteiger charge is 2.21. The Morgan fingerprint density at radius 1 is 1.29 bits per heavy atom. The first-order valence-electron chi connectivity index (χ1n) is 7.09. The fourth-order valence-electron chi connectivity index (χ4n) is 3.06. The standard InChI is InChI=1S/C16H16ClNO2S/c17-14-5-12(16-13(6-14)9-19-10-20-16)8-18-3-1-15-11(7-18)2-4-21-15/h2,4-6H,1,3,7-10H2. The van der Waals surface area contributed by atoms with Crippen molar-refractivity contribution in [2.45, 2.75) is 26.1 Å². The maximum absolute atomic E-state index is 6.24. The van der Waals surface area contributed by atoms with Crippen molar-refractivity contribution < 1.29 is 9.47 Å². The van der Waals surface area contributed by atoms with Crippen LogP contribution in [0.1, 0.15) is 21.6 Å². The third kappa shape index (κ3) is 2.69. The SMILES string of the molecule is Clc1cc2c(c(CN3CCc4sccc4C3)c1)OCOC2. The van der Waals surface area contributed by atoms with Crippen LogP contribution in [0.4, 0.5) is 0 Å². The first-order chi connectivity index (χ1) is 10.3. The summed E-state index contributed by atoms with van der Waals surface area (Å²) >= 11 is 8.11. The average Bonchev–Trinajstić information content (AvgIpc) is 2.94. The lowest BCUT2D eigenvalue weighted by Gasteiger charge is -2.29. The van der Waals surface area contributed by atoms with Gasteiger partial charge in [-0.2, -0.15) is 0 Å². The summed E-state index contributed by atoms with van der Waals surface area (Å²) in [5.41, 5.74) is 3.68. The van der Waals surface area contributed by atoms with Gasteiger partial charge in [-0.25, -0.2) is 0 Å². The minimum atomic E-state index is 0.330. The number of hydrogen-bond acceptors (Lipinski definition) is 4. The van der Waals surface area contributed by atoms with Crippen LogP contribution in [0.5, 0.6) is 5.75 Å². The second-order valence-electron chi connectivity index (χ2n) is 5.49. The topological polar surface area (TPSA) is 21.7 Å².